The third kappa shape index (κ3) is 3.78. The van der Waals surface area contributed by atoms with E-state index in [0.29, 0.717) is 24.1 Å². The molecule has 1 fully saturated rings. The second kappa shape index (κ2) is 7.75. The maximum Gasteiger partial charge on any atom is 0.257 e. The highest BCUT2D eigenvalue weighted by molar-refractivity contribution is 7.99. The van der Waals surface area contributed by atoms with Crippen molar-refractivity contribution in [3.8, 4) is 5.75 Å². The van der Waals surface area contributed by atoms with Crippen LogP contribution in [0.1, 0.15) is 6.42 Å². The van der Waals surface area contributed by atoms with E-state index in [-0.39, 0.29) is 12.0 Å². The highest BCUT2D eigenvalue weighted by Crippen LogP contribution is 2.27. The number of aromatic nitrogens is 2. The first kappa shape index (κ1) is 18.0. The van der Waals surface area contributed by atoms with Gasteiger partial charge in [-0.15, -0.1) is 0 Å². The van der Waals surface area contributed by atoms with Gasteiger partial charge in [0.1, 0.15) is 22.9 Å². The van der Waals surface area contributed by atoms with E-state index in [1.165, 1.54) is 11.8 Å². The lowest BCUT2D eigenvalue weighted by Crippen LogP contribution is -2.32. The van der Waals surface area contributed by atoms with Gasteiger partial charge in [0.05, 0.1) is 12.3 Å². The Balaban J connectivity index is 1.19. The first-order valence-corrected chi connectivity index (χ1v) is 10.5. The van der Waals surface area contributed by atoms with Gasteiger partial charge in [0.2, 0.25) is 5.91 Å². The summed E-state index contributed by atoms with van der Waals surface area (Å²) < 4.78 is 11.8. The van der Waals surface area contributed by atoms with E-state index < -0.39 is 0 Å². The van der Waals surface area contributed by atoms with Crippen LogP contribution in [0.3, 0.4) is 0 Å². The van der Waals surface area contributed by atoms with Crippen molar-refractivity contribution in [3.63, 3.8) is 0 Å². The normalized spacial score (nSPS) is 16.6. The molecule has 1 saturated heterocycles. The van der Waals surface area contributed by atoms with E-state index >= 15 is 0 Å². The van der Waals surface area contributed by atoms with Crippen LogP contribution in [-0.2, 0) is 4.79 Å². The number of hydrogen-bond donors (Lipinski definition) is 0. The highest BCUT2D eigenvalue weighted by atomic mass is 32.2. The van der Waals surface area contributed by atoms with Crippen LogP contribution in [0, 0.1) is 0 Å². The summed E-state index contributed by atoms with van der Waals surface area (Å²) >= 11 is 1.33. The van der Waals surface area contributed by atoms with Crippen LogP contribution in [0.4, 0.5) is 0 Å². The molecule has 1 amide bonds. The fourth-order valence-electron chi connectivity index (χ4n) is 3.53. The van der Waals surface area contributed by atoms with E-state index in [4.69, 9.17) is 9.15 Å². The van der Waals surface area contributed by atoms with Crippen molar-refractivity contribution in [2.45, 2.75) is 17.7 Å². The number of amides is 1. The van der Waals surface area contributed by atoms with Crippen LogP contribution >= 0.6 is 11.8 Å². The molecule has 3 heterocycles. The largest absolute Gasteiger partial charge is 0.486 e. The number of oxazole rings is 1. The Kier molecular flexibility index (Phi) is 4.81. The Morgan fingerprint density at radius 2 is 2.07 bits per heavy atom. The standard InChI is InChI=1S/C22H19N3O3S/c26-20(14-29-22-24-17-7-1-2-8-18(17)28-22)25-12-10-16(13-25)27-19-9-3-5-15-6-4-11-23-21(15)19/h1-9,11,16H,10,12-14H2. The first-order chi connectivity index (χ1) is 14.3. The van der Waals surface area contributed by atoms with Crippen molar-refractivity contribution in [3.05, 3.63) is 60.8 Å². The number of ether oxygens (including phenoxy) is 1. The molecule has 5 rings (SSSR count). The zero-order valence-electron chi connectivity index (χ0n) is 15.7. The number of fused-ring (bicyclic) bond motifs is 2. The molecular formula is C22H19N3O3S. The molecule has 0 N–H and O–H groups in total. The third-order valence-corrected chi connectivity index (χ3v) is 5.79. The fourth-order valence-corrected chi connectivity index (χ4v) is 4.27. The minimum absolute atomic E-state index is 0.0270. The summed E-state index contributed by atoms with van der Waals surface area (Å²) in [5, 5.41) is 1.57. The molecule has 1 aliphatic heterocycles. The topological polar surface area (TPSA) is 68.5 Å². The summed E-state index contributed by atoms with van der Waals surface area (Å²) in [6.45, 7) is 1.27. The van der Waals surface area contributed by atoms with E-state index in [9.17, 15) is 4.79 Å². The number of para-hydroxylation sites is 3. The molecule has 6 nitrogen and oxygen atoms in total. The van der Waals surface area contributed by atoms with Crippen LogP contribution in [0.25, 0.3) is 22.0 Å². The van der Waals surface area contributed by atoms with E-state index in [1.807, 2.05) is 59.5 Å². The lowest BCUT2D eigenvalue weighted by molar-refractivity contribution is -0.127. The van der Waals surface area contributed by atoms with Gasteiger partial charge in [0.15, 0.2) is 5.58 Å². The van der Waals surface area contributed by atoms with Crippen LogP contribution in [-0.4, -0.2) is 45.7 Å². The molecule has 2 aromatic carbocycles. The van der Waals surface area contributed by atoms with Crippen molar-refractivity contribution in [1.82, 2.24) is 14.9 Å². The van der Waals surface area contributed by atoms with Gasteiger partial charge in [0, 0.05) is 24.5 Å². The number of pyridine rings is 1. The number of carbonyl (C=O) groups is 1. The van der Waals surface area contributed by atoms with Gasteiger partial charge in [0.25, 0.3) is 5.22 Å². The minimum Gasteiger partial charge on any atom is -0.486 e. The summed E-state index contributed by atoms with van der Waals surface area (Å²) in [6, 6.07) is 17.4. The number of hydrogen-bond acceptors (Lipinski definition) is 6. The van der Waals surface area contributed by atoms with E-state index in [2.05, 4.69) is 9.97 Å². The second-order valence-corrected chi connectivity index (χ2v) is 7.86. The smallest absolute Gasteiger partial charge is 0.257 e. The molecule has 1 aliphatic rings. The molecule has 0 aliphatic carbocycles. The number of likely N-dealkylation sites (tertiary alicyclic amines) is 1. The number of carbonyl (C=O) groups excluding carboxylic acids is 1. The predicted octanol–water partition coefficient (Wildman–Crippen LogP) is 4.15. The van der Waals surface area contributed by atoms with Crippen molar-refractivity contribution in [2.75, 3.05) is 18.8 Å². The van der Waals surface area contributed by atoms with Crippen molar-refractivity contribution >= 4 is 39.7 Å². The monoisotopic (exact) mass is 405 g/mol. The zero-order valence-corrected chi connectivity index (χ0v) is 16.5. The van der Waals surface area contributed by atoms with Gasteiger partial charge < -0.3 is 14.1 Å². The molecule has 0 radical (unpaired) electrons. The predicted molar refractivity (Wildman–Crippen MR) is 112 cm³/mol. The van der Waals surface area contributed by atoms with Gasteiger partial charge in [-0.1, -0.05) is 42.1 Å². The second-order valence-electron chi connectivity index (χ2n) is 6.94. The Labute approximate surface area is 171 Å². The third-order valence-electron chi connectivity index (χ3n) is 4.98. The highest BCUT2D eigenvalue weighted by Gasteiger charge is 2.28. The Morgan fingerprint density at radius 1 is 1.17 bits per heavy atom. The van der Waals surface area contributed by atoms with Gasteiger partial charge in [-0.3, -0.25) is 9.78 Å². The quantitative estimate of drug-likeness (QED) is 0.465. The maximum absolute atomic E-state index is 12.6. The SMILES string of the molecule is O=C(CSc1nc2ccccc2o1)N1CCC(Oc2cccc3cccnc23)C1. The van der Waals surface area contributed by atoms with E-state index in [1.54, 1.807) is 6.20 Å². The number of rotatable bonds is 5. The Morgan fingerprint density at radius 3 is 3.00 bits per heavy atom. The van der Waals surface area contributed by atoms with Crippen LogP contribution in [0.15, 0.2) is 70.4 Å². The minimum atomic E-state index is -0.0270. The molecule has 1 unspecified atom stereocenters. The van der Waals surface area contributed by atoms with Gasteiger partial charge >= 0.3 is 0 Å². The number of thioether (sulfide) groups is 1. The van der Waals surface area contributed by atoms with Crippen molar-refractivity contribution < 1.29 is 13.9 Å². The van der Waals surface area contributed by atoms with Crippen LogP contribution < -0.4 is 4.74 Å². The molecule has 0 bridgehead atoms. The molecular weight excluding hydrogens is 386 g/mol. The molecule has 146 valence electrons. The van der Waals surface area contributed by atoms with Crippen LogP contribution in [0.2, 0.25) is 0 Å². The lowest BCUT2D eigenvalue weighted by Gasteiger charge is -2.17. The fraction of sp³-hybridized carbons (Fsp3) is 0.227. The summed E-state index contributed by atoms with van der Waals surface area (Å²) in [6.07, 6.45) is 2.55. The molecule has 4 aromatic rings. The average molecular weight is 405 g/mol. The molecule has 0 saturated carbocycles. The van der Waals surface area contributed by atoms with Crippen molar-refractivity contribution in [1.29, 1.82) is 0 Å². The zero-order chi connectivity index (χ0) is 19.6. The summed E-state index contributed by atoms with van der Waals surface area (Å²) in [5.74, 6) is 1.14. The average Bonchev–Trinajstić information content (AvgIpc) is 3.39. The lowest BCUT2D eigenvalue weighted by atomic mass is 10.2. The molecule has 29 heavy (non-hydrogen) atoms. The molecule has 2 aromatic heterocycles. The van der Waals surface area contributed by atoms with Gasteiger partial charge in [-0.05, 0) is 24.3 Å². The number of benzene rings is 2. The molecule has 1 atom stereocenters. The van der Waals surface area contributed by atoms with Crippen molar-refractivity contribution in [2.24, 2.45) is 0 Å². The number of nitrogens with zero attached hydrogens (tertiary/aromatic N) is 3. The molecule has 0 spiro atoms. The van der Waals surface area contributed by atoms with E-state index in [0.717, 1.165) is 34.2 Å². The summed E-state index contributed by atoms with van der Waals surface area (Å²) in [7, 11) is 0. The summed E-state index contributed by atoms with van der Waals surface area (Å²) in [4.78, 5) is 23.3. The first-order valence-electron chi connectivity index (χ1n) is 9.53. The molecule has 7 heteroatoms. The van der Waals surface area contributed by atoms with Crippen LogP contribution in [0.5, 0.6) is 5.75 Å². The summed E-state index contributed by atoms with van der Waals surface area (Å²) in [5.41, 5.74) is 2.40. The van der Waals surface area contributed by atoms with Gasteiger partial charge in [-0.2, -0.15) is 0 Å². The Hall–Kier alpha value is -3.06. The maximum atomic E-state index is 12.6. The Bertz CT molecular complexity index is 1140. The van der Waals surface area contributed by atoms with Gasteiger partial charge in [-0.25, -0.2) is 4.98 Å².